The van der Waals surface area contributed by atoms with Crippen LogP contribution in [0.2, 0.25) is 0 Å². The van der Waals surface area contributed by atoms with E-state index < -0.39 is 0 Å². The normalized spacial score (nSPS) is 10.4. The molecular formula is C14H16FN3OS. The minimum absolute atomic E-state index is 0.00340. The van der Waals surface area contributed by atoms with Crippen LogP contribution in [0.4, 0.5) is 4.39 Å². The molecule has 0 saturated heterocycles. The Morgan fingerprint density at radius 1 is 1.35 bits per heavy atom. The van der Waals surface area contributed by atoms with Gasteiger partial charge < -0.3 is 10.3 Å². The highest BCUT2D eigenvalue weighted by Crippen LogP contribution is 2.12. The van der Waals surface area contributed by atoms with Crippen molar-refractivity contribution in [3.05, 3.63) is 53.9 Å². The Labute approximate surface area is 121 Å². The first-order valence-corrected chi connectivity index (χ1v) is 7.46. The number of benzene rings is 1. The summed E-state index contributed by atoms with van der Waals surface area (Å²) >= 11 is 1.51. The molecule has 2 N–H and O–H groups in total. The summed E-state index contributed by atoms with van der Waals surface area (Å²) in [5.74, 6) is 1.73. The van der Waals surface area contributed by atoms with Crippen molar-refractivity contribution < 1.29 is 9.18 Å². The maximum atomic E-state index is 12.7. The summed E-state index contributed by atoms with van der Waals surface area (Å²) in [7, 11) is 0. The number of rotatable bonds is 7. The Bertz CT molecular complexity index is 528. The third-order valence-corrected chi connectivity index (χ3v) is 3.66. The molecular weight excluding hydrogens is 277 g/mol. The highest BCUT2D eigenvalue weighted by molar-refractivity contribution is 7.99. The molecule has 0 aliphatic carbocycles. The summed E-state index contributed by atoms with van der Waals surface area (Å²) in [5, 5.41) is 2.84. The van der Waals surface area contributed by atoms with Crippen molar-refractivity contribution in [3.63, 3.8) is 0 Å². The minimum Gasteiger partial charge on any atom is -0.355 e. The van der Waals surface area contributed by atoms with Crippen LogP contribution >= 0.6 is 11.8 Å². The Morgan fingerprint density at radius 3 is 2.85 bits per heavy atom. The van der Waals surface area contributed by atoms with E-state index in [-0.39, 0.29) is 11.7 Å². The van der Waals surface area contributed by atoms with Crippen molar-refractivity contribution in [2.45, 2.75) is 12.2 Å². The lowest BCUT2D eigenvalue weighted by atomic mass is 10.2. The molecule has 0 atom stereocenters. The molecule has 1 aromatic carbocycles. The Kier molecular flexibility index (Phi) is 5.61. The number of aromatic nitrogens is 2. The van der Waals surface area contributed by atoms with E-state index in [4.69, 9.17) is 0 Å². The van der Waals surface area contributed by atoms with Gasteiger partial charge in [-0.1, -0.05) is 12.1 Å². The third-order valence-electron chi connectivity index (χ3n) is 2.65. The fourth-order valence-electron chi connectivity index (χ4n) is 1.65. The number of nitrogens with one attached hydrogen (secondary N) is 2. The van der Waals surface area contributed by atoms with E-state index in [0.29, 0.717) is 24.5 Å². The van der Waals surface area contributed by atoms with Gasteiger partial charge in [-0.15, -0.1) is 11.8 Å². The fourth-order valence-corrected chi connectivity index (χ4v) is 2.47. The third kappa shape index (κ3) is 5.05. The van der Waals surface area contributed by atoms with Gasteiger partial charge in [0.25, 0.3) is 0 Å². The molecule has 0 radical (unpaired) electrons. The van der Waals surface area contributed by atoms with Gasteiger partial charge in [-0.25, -0.2) is 9.37 Å². The molecule has 2 aromatic rings. The molecule has 1 amide bonds. The number of nitrogens with zero attached hydrogens (tertiary/aromatic N) is 1. The number of hydrogen-bond donors (Lipinski definition) is 2. The topological polar surface area (TPSA) is 57.8 Å². The second-order valence-electron chi connectivity index (χ2n) is 4.26. The largest absolute Gasteiger partial charge is 0.355 e. The van der Waals surface area contributed by atoms with Crippen LogP contribution in [-0.4, -0.2) is 28.2 Å². The standard InChI is InChI=1S/C14H16FN3OS/c15-12-3-1-11(2-4-12)9-20-10-14(19)18-6-5-13-16-7-8-17-13/h1-4,7-8H,5-6,9-10H2,(H,16,17)(H,18,19). The minimum atomic E-state index is -0.241. The molecule has 0 spiro atoms. The fraction of sp³-hybridized carbons (Fsp3) is 0.286. The maximum Gasteiger partial charge on any atom is 0.230 e. The molecule has 1 aromatic heterocycles. The summed E-state index contributed by atoms with van der Waals surface area (Å²) in [6.07, 6.45) is 4.15. The maximum absolute atomic E-state index is 12.7. The van der Waals surface area contributed by atoms with Gasteiger partial charge in [-0.2, -0.15) is 0 Å². The Balaban J connectivity index is 1.59. The van der Waals surface area contributed by atoms with E-state index in [1.807, 2.05) is 0 Å². The van der Waals surface area contributed by atoms with Crippen molar-refractivity contribution in [2.24, 2.45) is 0 Å². The number of halogens is 1. The van der Waals surface area contributed by atoms with Crippen molar-refractivity contribution in [1.82, 2.24) is 15.3 Å². The zero-order valence-electron chi connectivity index (χ0n) is 10.9. The van der Waals surface area contributed by atoms with Gasteiger partial charge in [0, 0.05) is 31.1 Å². The SMILES string of the molecule is O=C(CSCc1ccc(F)cc1)NCCc1ncc[nH]1. The van der Waals surface area contributed by atoms with E-state index in [1.54, 1.807) is 24.5 Å². The number of carbonyl (C=O) groups is 1. The van der Waals surface area contributed by atoms with Gasteiger partial charge in [-0.05, 0) is 17.7 Å². The van der Waals surface area contributed by atoms with E-state index in [2.05, 4.69) is 15.3 Å². The molecule has 0 saturated carbocycles. The zero-order chi connectivity index (χ0) is 14.2. The molecule has 0 bridgehead atoms. The number of hydrogen-bond acceptors (Lipinski definition) is 3. The Hall–Kier alpha value is -1.82. The lowest BCUT2D eigenvalue weighted by molar-refractivity contribution is -0.118. The van der Waals surface area contributed by atoms with E-state index in [0.717, 1.165) is 11.4 Å². The van der Waals surface area contributed by atoms with Crippen molar-refractivity contribution in [1.29, 1.82) is 0 Å². The summed E-state index contributed by atoms with van der Waals surface area (Å²) in [5.41, 5.74) is 1.01. The van der Waals surface area contributed by atoms with Gasteiger partial charge in [0.1, 0.15) is 11.6 Å². The van der Waals surface area contributed by atoms with Crippen LogP contribution in [0.25, 0.3) is 0 Å². The number of aromatic amines is 1. The highest BCUT2D eigenvalue weighted by atomic mass is 32.2. The number of amides is 1. The van der Waals surface area contributed by atoms with Gasteiger partial charge in [0.15, 0.2) is 0 Å². The highest BCUT2D eigenvalue weighted by Gasteiger charge is 2.02. The van der Waals surface area contributed by atoms with Crippen LogP contribution in [-0.2, 0) is 17.0 Å². The van der Waals surface area contributed by atoms with Crippen LogP contribution in [0.1, 0.15) is 11.4 Å². The molecule has 0 unspecified atom stereocenters. The molecule has 4 nitrogen and oxygen atoms in total. The molecule has 6 heteroatoms. The van der Waals surface area contributed by atoms with Crippen LogP contribution in [0, 0.1) is 5.82 Å². The molecule has 0 aliphatic rings. The van der Waals surface area contributed by atoms with Crippen LogP contribution in [0.5, 0.6) is 0 Å². The first-order valence-electron chi connectivity index (χ1n) is 6.31. The molecule has 0 aliphatic heterocycles. The van der Waals surface area contributed by atoms with Gasteiger partial charge >= 0.3 is 0 Å². The van der Waals surface area contributed by atoms with Crippen LogP contribution in [0.3, 0.4) is 0 Å². The van der Waals surface area contributed by atoms with Crippen LogP contribution in [0.15, 0.2) is 36.7 Å². The lowest BCUT2D eigenvalue weighted by Crippen LogP contribution is -2.27. The summed E-state index contributed by atoms with van der Waals surface area (Å²) in [4.78, 5) is 18.7. The van der Waals surface area contributed by atoms with Gasteiger partial charge in [0.05, 0.1) is 5.75 Å². The van der Waals surface area contributed by atoms with Crippen molar-refractivity contribution in [2.75, 3.05) is 12.3 Å². The van der Waals surface area contributed by atoms with Crippen molar-refractivity contribution in [3.8, 4) is 0 Å². The summed E-state index contributed by atoms with van der Waals surface area (Å²) in [6, 6.07) is 6.33. The average Bonchev–Trinajstić information content (AvgIpc) is 2.94. The molecule has 20 heavy (non-hydrogen) atoms. The number of H-pyrrole nitrogens is 1. The molecule has 106 valence electrons. The van der Waals surface area contributed by atoms with Crippen molar-refractivity contribution >= 4 is 17.7 Å². The van der Waals surface area contributed by atoms with E-state index >= 15 is 0 Å². The predicted octanol–water partition coefficient (Wildman–Crippen LogP) is 2.14. The first-order chi connectivity index (χ1) is 9.74. The van der Waals surface area contributed by atoms with E-state index in [9.17, 15) is 9.18 Å². The second-order valence-corrected chi connectivity index (χ2v) is 5.24. The zero-order valence-corrected chi connectivity index (χ0v) is 11.8. The quantitative estimate of drug-likeness (QED) is 0.822. The number of imidazole rings is 1. The first kappa shape index (κ1) is 14.6. The molecule has 2 rings (SSSR count). The summed E-state index contributed by atoms with van der Waals surface area (Å²) in [6.45, 7) is 0.573. The van der Waals surface area contributed by atoms with E-state index in [1.165, 1.54) is 23.9 Å². The predicted molar refractivity (Wildman–Crippen MR) is 77.9 cm³/mol. The number of thioether (sulfide) groups is 1. The average molecular weight is 293 g/mol. The Morgan fingerprint density at radius 2 is 2.15 bits per heavy atom. The molecule has 0 fully saturated rings. The lowest BCUT2D eigenvalue weighted by Gasteiger charge is -2.04. The second kappa shape index (κ2) is 7.69. The van der Waals surface area contributed by atoms with Crippen LogP contribution < -0.4 is 5.32 Å². The van der Waals surface area contributed by atoms with Gasteiger partial charge in [0.2, 0.25) is 5.91 Å². The smallest absolute Gasteiger partial charge is 0.230 e. The summed E-state index contributed by atoms with van der Waals surface area (Å²) < 4.78 is 12.7. The monoisotopic (exact) mass is 293 g/mol. The van der Waals surface area contributed by atoms with Gasteiger partial charge in [-0.3, -0.25) is 4.79 Å². The number of carbonyl (C=O) groups excluding carboxylic acids is 1. The molecule has 1 heterocycles.